The Morgan fingerprint density at radius 1 is 1.26 bits per heavy atom. The molecule has 0 bridgehead atoms. The highest BCUT2D eigenvalue weighted by molar-refractivity contribution is 5.72. The summed E-state index contributed by atoms with van der Waals surface area (Å²) in [6.07, 6.45) is -0.0451. The standard InChI is InChI=1S/C15H15NO3/c1-9-6-13(15(19)16-10(9)2)12-5-3-4-11(7-12)8-14(17)18/h3-7H,8H2,1-2H3,(H,16,19)(H,17,18). The molecule has 2 aromatic rings. The molecule has 2 N–H and O–H groups in total. The van der Waals surface area contributed by atoms with E-state index in [2.05, 4.69) is 4.98 Å². The van der Waals surface area contributed by atoms with Crippen molar-refractivity contribution in [2.24, 2.45) is 0 Å². The summed E-state index contributed by atoms with van der Waals surface area (Å²) >= 11 is 0. The van der Waals surface area contributed by atoms with Crippen molar-refractivity contribution >= 4 is 5.97 Å². The summed E-state index contributed by atoms with van der Waals surface area (Å²) in [6.45, 7) is 3.78. The van der Waals surface area contributed by atoms with Crippen molar-refractivity contribution in [2.45, 2.75) is 20.3 Å². The molecule has 19 heavy (non-hydrogen) atoms. The number of aliphatic carboxylic acids is 1. The van der Waals surface area contributed by atoms with Gasteiger partial charge in [0.05, 0.1) is 6.42 Å². The number of benzene rings is 1. The Kier molecular flexibility index (Phi) is 3.51. The van der Waals surface area contributed by atoms with E-state index in [1.165, 1.54) is 0 Å². The second-order valence-corrected chi connectivity index (χ2v) is 4.59. The van der Waals surface area contributed by atoms with Gasteiger partial charge in [-0.1, -0.05) is 24.3 Å². The highest BCUT2D eigenvalue weighted by Gasteiger charge is 2.07. The van der Waals surface area contributed by atoms with Crippen molar-refractivity contribution < 1.29 is 9.90 Å². The number of H-pyrrole nitrogens is 1. The Hall–Kier alpha value is -2.36. The maximum Gasteiger partial charge on any atom is 0.307 e. The lowest BCUT2D eigenvalue weighted by atomic mass is 10.0. The third kappa shape index (κ3) is 2.91. The molecule has 4 nitrogen and oxygen atoms in total. The molecule has 0 saturated heterocycles. The molecule has 0 radical (unpaired) electrons. The van der Waals surface area contributed by atoms with Gasteiger partial charge in [0.2, 0.25) is 0 Å². The molecule has 4 heteroatoms. The highest BCUT2D eigenvalue weighted by atomic mass is 16.4. The minimum atomic E-state index is -0.883. The van der Waals surface area contributed by atoms with Crippen LogP contribution in [0.3, 0.4) is 0 Å². The molecule has 0 unspecified atom stereocenters. The van der Waals surface area contributed by atoms with E-state index in [9.17, 15) is 9.59 Å². The SMILES string of the molecule is Cc1cc(-c2cccc(CC(=O)O)c2)c(=O)[nH]c1C. The summed E-state index contributed by atoms with van der Waals surface area (Å²) in [5.41, 5.74) is 3.67. The van der Waals surface area contributed by atoms with Crippen molar-refractivity contribution in [3.63, 3.8) is 0 Å². The zero-order valence-electron chi connectivity index (χ0n) is 10.9. The first kappa shape index (κ1) is 13.1. The van der Waals surface area contributed by atoms with Crippen LogP contribution in [0.1, 0.15) is 16.8 Å². The van der Waals surface area contributed by atoms with E-state index in [0.29, 0.717) is 11.1 Å². The van der Waals surface area contributed by atoms with Crippen LogP contribution in [-0.4, -0.2) is 16.1 Å². The number of hydrogen-bond donors (Lipinski definition) is 2. The second kappa shape index (κ2) is 5.10. The van der Waals surface area contributed by atoms with E-state index in [0.717, 1.165) is 16.8 Å². The highest BCUT2D eigenvalue weighted by Crippen LogP contribution is 2.19. The lowest BCUT2D eigenvalue weighted by molar-refractivity contribution is -0.136. The summed E-state index contributed by atoms with van der Waals surface area (Å²) in [7, 11) is 0. The van der Waals surface area contributed by atoms with Crippen LogP contribution in [0, 0.1) is 13.8 Å². The van der Waals surface area contributed by atoms with E-state index in [1.54, 1.807) is 18.2 Å². The fraction of sp³-hybridized carbons (Fsp3) is 0.200. The number of aromatic amines is 1. The van der Waals surface area contributed by atoms with Gasteiger partial charge in [0.25, 0.3) is 5.56 Å². The molecule has 0 amide bonds. The fourth-order valence-electron chi connectivity index (χ4n) is 1.96. The molecule has 0 spiro atoms. The van der Waals surface area contributed by atoms with Crippen LogP contribution >= 0.6 is 0 Å². The van der Waals surface area contributed by atoms with Crippen molar-refractivity contribution in [3.05, 3.63) is 57.5 Å². The Morgan fingerprint density at radius 3 is 2.68 bits per heavy atom. The van der Waals surface area contributed by atoms with E-state index in [4.69, 9.17) is 5.11 Å². The van der Waals surface area contributed by atoms with Gasteiger partial charge >= 0.3 is 5.97 Å². The number of carbonyl (C=O) groups is 1. The molecule has 0 aliphatic rings. The van der Waals surface area contributed by atoms with Gasteiger partial charge in [0, 0.05) is 11.3 Å². The molecule has 1 aromatic heterocycles. The third-order valence-electron chi connectivity index (χ3n) is 3.09. The molecular formula is C15H15NO3. The first-order valence-corrected chi connectivity index (χ1v) is 5.99. The summed E-state index contributed by atoms with van der Waals surface area (Å²) < 4.78 is 0. The number of carboxylic acid groups (broad SMARTS) is 1. The predicted octanol–water partition coefficient (Wildman–Crippen LogP) is 2.29. The van der Waals surface area contributed by atoms with Gasteiger partial charge in [-0.25, -0.2) is 0 Å². The number of aromatic nitrogens is 1. The molecule has 98 valence electrons. The fourth-order valence-corrected chi connectivity index (χ4v) is 1.96. The summed E-state index contributed by atoms with van der Waals surface area (Å²) in [6, 6.07) is 8.89. The van der Waals surface area contributed by atoms with Crippen molar-refractivity contribution in [1.29, 1.82) is 0 Å². The summed E-state index contributed by atoms with van der Waals surface area (Å²) in [5.74, 6) is -0.883. The molecule has 0 aliphatic carbocycles. The molecule has 0 atom stereocenters. The average molecular weight is 257 g/mol. The minimum absolute atomic E-state index is 0.0451. The van der Waals surface area contributed by atoms with Crippen LogP contribution in [0.5, 0.6) is 0 Å². The minimum Gasteiger partial charge on any atom is -0.481 e. The number of carboxylic acids is 1. The van der Waals surface area contributed by atoms with Crippen LogP contribution in [0.15, 0.2) is 35.1 Å². The van der Waals surface area contributed by atoms with Gasteiger partial charge in [0.1, 0.15) is 0 Å². The number of rotatable bonds is 3. The van der Waals surface area contributed by atoms with Crippen LogP contribution in [0.25, 0.3) is 11.1 Å². The average Bonchev–Trinajstić information content (AvgIpc) is 2.33. The van der Waals surface area contributed by atoms with E-state index < -0.39 is 5.97 Å². The Labute approximate surface area is 110 Å². The first-order chi connectivity index (χ1) is 8.97. The van der Waals surface area contributed by atoms with Gasteiger partial charge < -0.3 is 10.1 Å². The van der Waals surface area contributed by atoms with Crippen LogP contribution in [0.4, 0.5) is 0 Å². The number of aryl methyl sites for hydroxylation is 2. The first-order valence-electron chi connectivity index (χ1n) is 5.99. The van der Waals surface area contributed by atoms with Gasteiger partial charge in [-0.05, 0) is 36.6 Å². The van der Waals surface area contributed by atoms with Gasteiger partial charge in [-0.15, -0.1) is 0 Å². The normalized spacial score (nSPS) is 10.4. The predicted molar refractivity (Wildman–Crippen MR) is 73.3 cm³/mol. The Balaban J connectivity index is 2.50. The molecule has 1 aromatic carbocycles. The quantitative estimate of drug-likeness (QED) is 0.886. The van der Waals surface area contributed by atoms with Gasteiger partial charge in [0.15, 0.2) is 0 Å². The number of pyridine rings is 1. The van der Waals surface area contributed by atoms with E-state index in [1.807, 2.05) is 26.0 Å². The van der Waals surface area contributed by atoms with Crippen molar-refractivity contribution in [3.8, 4) is 11.1 Å². The summed E-state index contributed by atoms with van der Waals surface area (Å²) in [5, 5.41) is 8.80. The number of hydrogen-bond acceptors (Lipinski definition) is 2. The van der Waals surface area contributed by atoms with Crippen LogP contribution < -0.4 is 5.56 Å². The largest absolute Gasteiger partial charge is 0.481 e. The second-order valence-electron chi connectivity index (χ2n) is 4.59. The molecule has 0 fully saturated rings. The topological polar surface area (TPSA) is 70.2 Å². The zero-order chi connectivity index (χ0) is 14.0. The maximum absolute atomic E-state index is 12.0. The van der Waals surface area contributed by atoms with Crippen molar-refractivity contribution in [2.75, 3.05) is 0 Å². The molecule has 1 heterocycles. The third-order valence-corrected chi connectivity index (χ3v) is 3.09. The molecule has 0 aliphatic heterocycles. The van der Waals surface area contributed by atoms with E-state index in [-0.39, 0.29) is 12.0 Å². The van der Waals surface area contributed by atoms with Gasteiger partial charge in [-0.2, -0.15) is 0 Å². The van der Waals surface area contributed by atoms with Gasteiger partial charge in [-0.3, -0.25) is 9.59 Å². The Bertz CT molecular complexity index is 686. The molecular weight excluding hydrogens is 242 g/mol. The van der Waals surface area contributed by atoms with Crippen LogP contribution in [-0.2, 0) is 11.2 Å². The Morgan fingerprint density at radius 2 is 2.00 bits per heavy atom. The zero-order valence-corrected chi connectivity index (χ0v) is 10.9. The lowest BCUT2D eigenvalue weighted by Crippen LogP contribution is -2.11. The molecule has 0 saturated carbocycles. The summed E-state index contributed by atoms with van der Waals surface area (Å²) in [4.78, 5) is 25.5. The monoisotopic (exact) mass is 257 g/mol. The molecule has 2 rings (SSSR count). The van der Waals surface area contributed by atoms with Crippen molar-refractivity contribution in [1.82, 2.24) is 4.98 Å². The van der Waals surface area contributed by atoms with Crippen LogP contribution in [0.2, 0.25) is 0 Å². The smallest absolute Gasteiger partial charge is 0.307 e. The number of nitrogens with one attached hydrogen (secondary N) is 1. The maximum atomic E-state index is 12.0. The van der Waals surface area contributed by atoms with E-state index >= 15 is 0 Å². The lowest BCUT2D eigenvalue weighted by Gasteiger charge is -2.06.